The SMILES string of the molecule is Cc1cc(Oc2cccc(C)c2C)ccc1C=CC(=O)O. The Bertz CT molecular complexity index is 700. The smallest absolute Gasteiger partial charge is 0.328 e. The molecule has 0 saturated heterocycles. The number of rotatable bonds is 4. The molecule has 2 rings (SSSR count). The molecule has 0 aliphatic carbocycles. The Labute approximate surface area is 124 Å². The van der Waals surface area contributed by atoms with Crippen LogP contribution in [-0.2, 0) is 4.79 Å². The van der Waals surface area contributed by atoms with Gasteiger partial charge in [-0.3, -0.25) is 0 Å². The number of aliphatic carboxylic acids is 1. The Morgan fingerprint density at radius 2 is 1.86 bits per heavy atom. The van der Waals surface area contributed by atoms with E-state index >= 15 is 0 Å². The second-order valence-electron chi connectivity index (χ2n) is 4.99. The van der Waals surface area contributed by atoms with E-state index in [9.17, 15) is 4.79 Å². The molecule has 0 aliphatic rings. The molecule has 1 N–H and O–H groups in total. The van der Waals surface area contributed by atoms with Gasteiger partial charge in [-0.05, 0) is 67.3 Å². The number of ether oxygens (including phenoxy) is 1. The molecule has 0 aromatic heterocycles. The average Bonchev–Trinajstić information content (AvgIpc) is 2.43. The van der Waals surface area contributed by atoms with Gasteiger partial charge in [-0.25, -0.2) is 4.79 Å². The zero-order valence-corrected chi connectivity index (χ0v) is 12.4. The lowest BCUT2D eigenvalue weighted by Gasteiger charge is -2.11. The van der Waals surface area contributed by atoms with E-state index in [0.717, 1.165) is 34.3 Å². The third-order valence-electron chi connectivity index (χ3n) is 3.43. The van der Waals surface area contributed by atoms with Crippen LogP contribution in [0.15, 0.2) is 42.5 Å². The summed E-state index contributed by atoms with van der Waals surface area (Å²) >= 11 is 0. The number of hydrogen-bond donors (Lipinski definition) is 1. The summed E-state index contributed by atoms with van der Waals surface area (Å²) in [5.74, 6) is 0.627. The Morgan fingerprint density at radius 3 is 2.52 bits per heavy atom. The monoisotopic (exact) mass is 282 g/mol. The fourth-order valence-corrected chi connectivity index (χ4v) is 2.02. The van der Waals surface area contributed by atoms with Gasteiger partial charge < -0.3 is 9.84 Å². The van der Waals surface area contributed by atoms with E-state index in [1.54, 1.807) is 6.08 Å². The number of hydrogen-bond acceptors (Lipinski definition) is 2. The Morgan fingerprint density at radius 1 is 1.10 bits per heavy atom. The molecule has 0 spiro atoms. The third kappa shape index (κ3) is 3.72. The summed E-state index contributed by atoms with van der Waals surface area (Å²) < 4.78 is 5.91. The molecule has 3 heteroatoms. The van der Waals surface area contributed by atoms with Gasteiger partial charge in [0.15, 0.2) is 0 Å². The van der Waals surface area contributed by atoms with Crippen molar-refractivity contribution in [1.82, 2.24) is 0 Å². The summed E-state index contributed by atoms with van der Waals surface area (Å²) in [7, 11) is 0. The van der Waals surface area contributed by atoms with Crippen LogP contribution in [0.2, 0.25) is 0 Å². The lowest BCUT2D eigenvalue weighted by Crippen LogP contribution is -1.91. The van der Waals surface area contributed by atoms with Gasteiger partial charge in [0.1, 0.15) is 11.5 Å². The van der Waals surface area contributed by atoms with Crippen molar-refractivity contribution in [2.75, 3.05) is 0 Å². The fraction of sp³-hybridized carbons (Fsp3) is 0.167. The molecule has 2 aromatic rings. The Balaban J connectivity index is 2.24. The molecular weight excluding hydrogens is 264 g/mol. The maximum absolute atomic E-state index is 10.5. The average molecular weight is 282 g/mol. The van der Waals surface area contributed by atoms with Crippen molar-refractivity contribution in [3.8, 4) is 11.5 Å². The highest BCUT2D eigenvalue weighted by Crippen LogP contribution is 2.28. The zero-order chi connectivity index (χ0) is 15.4. The van der Waals surface area contributed by atoms with E-state index in [1.807, 2.05) is 57.2 Å². The van der Waals surface area contributed by atoms with Crippen molar-refractivity contribution in [1.29, 1.82) is 0 Å². The first-order chi connectivity index (χ1) is 9.97. The number of carboxylic acid groups (broad SMARTS) is 1. The predicted octanol–water partition coefficient (Wildman–Crippen LogP) is 4.50. The second kappa shape index (κ2) is 6.27. The highest BCUT2D eigenvalue weighted by Gasteiger charge is 2.05. The normalized spacial score (nSPS) is 10.8. The first-order valence-electron chi connectivity index (χ1n) is 6.73. The molecule has 0 saturated carbocycles. The van der Waals surface area contributed by atoms with Gasteiger partial charge >= 0.3 is 5.97 Å². The van der Waals surface area contributed by atoms with Crippen LogP contribution in [0.5, 0.6) is 11.5 Å². The van der Waals surface area contributed by atoms with E-state index in [2.05, 4.69) is 0 Å². The Kier molecular flexibility index (Phi) is 4.43. The minimum atomic E-state index is -0.954. The highest BCUT2D eigenvalue weighted by molar-refractivity contribution is 5.85. The lowest BCUT2D eigenvalue weighted by atomic mass is 10.1. The number of carboxylic acids is 1. The predicted molar refractivity (Wildman–Crippen MR) is 83.8 cm³/mol. The van der Waals surface area contributed by atoms with Crippen LogP contribution in [-0.4, -0.2) is 11.1 Å². The van der Waals surface area contributed by atoms with Gasteiger partial charge in [-0.1, -0.05) is 18.2 Å². The van der Waals surface area contributed by atoms with Gasteiger partial charge in [-0.2, -0.15) is 0 Å². The van der Waals surface area contributed by atoms with Crippen LogP contribution in [0.4, 0.5) is 0 Å². The number of carbonyl (C=O) groups is 1. The standard InChI is InChI=1S/C18H18O3/c1-12-5-4-6-17(14(12)3)21-16-9-7-15(13(2)11-16)8-10-18(19)20/h4-11H,1-3H3,(H,19,20). The van der Waals surface area contributed by atoms with Gasteiger partial charge in [0.25, 0.3) is 0 Å². The van der Waals surface area contributed by atoms with Gasteiger partial charge in [-0.15, -0.1) is 0 Å². The molecule has 2 aromatic carbocycles. The van der Waals surface area contributed by atoms with E-state index < -0.39 is 5.97 Å². The molecule has 108 valence electrons. The molecule has 3 nitrogen and oxygen atoms in total. The molecule has 0 bridgehead atoms. The third-order valence-corrected chi connectivity index (χ3v) is 3.43. The summed E-state index contributed by atoms with van der Waals surface area (Å²) in [6.07, 6.45) is 2.72. The highest BCUT2D eigenvalue weighted by atomic mass is 16.5. The fourth-order valence-electron chi connectivity index (χ4n) is 2.02. The summed E-state index contributed by atoms with van der Waals surface area (Å²) in [6, 6.07) is 11.6. The molecular formula is C18H18O3. The van der Waals surface area contributed by atoms with Crippen molar-refractivity contribution in [3.05, 3.63) is 64.7 Å². The van der Waals surface area contributed by atoms with Gasteiger partial charge in [0, 0.05) is 6.08 Å². The molecule has 0 heterocycles. The molecule has 0 aliphatic heterocycles. The molecule has 0 atom stereocenters. The first kappa shape index (κ1) is 14.9. The zero-order valence-electron chi connectivity index (χ0n) is 12.4. The largest absolute Gasteiger partial charge is 0.478 e. The van der Waals surface area contributed by atoms with Gasteiger partial charge in [0.2, 0.25) is 0 Å². The van der Waals surface area contributed by atoms with E-state index in [4.69, 9.17) is 9.84 Å². The van der Waals surface area contributed by atoms with Gasteiger partial charge in [0.05, 0.1) is 0 Å². The number of benzene rings is 2. The van der Waals surface area contributed by atoms with E-state index in [1.165, 1.54) is 5.56 Å². The summed E-state index contributed by atoms with van der Waals surface area (Å²) in [5, 5.41) is 8.66. The van der Waals surface area contributed by atoms with Crippen LogP contribution in [0.1, 0.15) is 22.3 Å². The minimum absolute atomic E-state index is 0.744. The Hall–Kier alpha value is -2.55. The molecule has 0 amide bonds. The summed E-state index contributed by atoms with van der Waals surface area (Å²) in [6.45, 7) is 6.01. The molecule has 21 heavy (non-hydrogen) atoms. The van der Waals surface area contributed by atoms with Crippen LogP contribution in [0.25, 0.3) is 6.08 Å². The minimum Gasteiger partial charge on any atom is -0.478 e. The van der Waals surface area contributed by atoms with Crippen molar-refractivity contribution >= 4 is 12.0 Å². The second-order valence-corrected chi connectivity index (χ2v) is 4.99. The van der Waals surface area contributed by atoms with Crippen LogP contribution in [0, 0.1) is 20.8 Å². The lowest BCUT2D eigenvalue weighted by molar-refractivity contribution is -0.131. The molecule has 0 radical (unpaired) electrons. The van der Waals surface area contributed by atoms with Crippen LogP contribution in [0.3, 0.4) is 0 Å². The van der Waals surface area contributed by atoms with Crippen LogP contribution < -0.4 is 4.74 Å². The van der Waals surface area contributed by atoms with Crippen molar-refractivity contribution < 1.29 is 14.6 Å². The topological polar surface area (TPSA) is 46.5 Å². The first-order valence-corrected chi connectivity index (χ1v) is 6.73. The van der Waals surface area contributed by atoms with Crippen molar-refractivity contribution in [2.24, 2.45) is 0 Å². The maximum Gasteiger partial charge on any atom is 0.328 e. The van der Waals surface area contributed by atoms with Crippen molar-refractivity contribution in [2.45, 2.75) is 20.8 Å². The summed E-state index contributed by atoms with van der Waals surface area (Å²) in [4.78, 5) is 10.5. The van der Waals surface area contributed by atoms with E-state index in [-0.39, 0.29) is 0 Å². The molecule has 0 unspecified atom stereocenters. The summed E-state index contributed by atoms with van der Waals surface area (Å²) in [5.41, 5.74) is 4.14. The molecule has 0 fully saturated rings. The quantitative estimate of drug-likeness (QED) is 0.840. The van der Waals surface area contributed by atoms with E-state index in [0.29, 0.717) is 0 Å². The van der Waals surface area contributed by atoms with Crippen LogP contribution >= 0.6 is 0 Å². The number of aryl methyl sites for hydroxylation is 2. The van der Waals surface area contributed by atoms with Crippen molar-refractivity contribution in [3.63, 3.8) is 0 Å². The maximum atomic E-state index is 10.5.